The van der Waals surface area contributed by atoms with E-state index in [4.69, 9.17) is 0 Å². The van der Waals surface area contributed by atoms with Crippen molar-refractivity contribution in [3.05, 3.63) is 76.3 Å². The molecule has 0 radical (unpaired) electrons. The van der Waals surface area contributed by atoms with Gasteiger partial charge in [0, 0.05) is 6.54 Å². The minimum absolute atomic E-state index is 0.0481. The van der Waals surface area contributed by atoms with Crippen LogP contribution in [0.3, 0.4) is 0 Å². The third-order valence-corrected chi connectivity index (χ3v) is 6.71. The van der Waals surface area contributed by atoms with Gasteiger partial charge in [-0.05, 0) is 54.3 Å². The molecule has 0 unspecified atom stereocenters. The van der Waals surface area contributed by atoms with Crippen molar-refractivity contribution in [2.45, 2.75) is 31.7 Å². The van der Waals surface area contributed by atoms with Gasteiger partial charge in [0.15, 0.2) is 5.13 Å². The van der Waals surface area contributed by atoms with Crippen LogP contribution in [-0.4, -0.2) is 19.3 Å². The summed E-state index contributed by atoms with van der Waals surface area (Å²) in [6, 6.07) is 10.2. The van der Waals surface area contributed by atoms with Crippen molar-refractivity contribution in [1.82, 2.24) is 10.3 Å². The Bertz CT molecular complexity index is 1160. The van der Waals surface area contributed by atoms with Crippen LogP contribution in [0.25, 0.3) is 0 Å². The molecular weight excluding hydrogens is 444 g/mol. The van der Waals surface area contributed by atoms with Crippen LogP contribution in [0.15, 0.2) is 53.4 Å². The number of nitrogens with zero attached hydrogens (tertiary/aromatic N) is 1. The van der Waals surface area contributed by atoms with E-state index in [1.54, 1.807) is 12.1 Å². The van der Waals surface area contributed by atoms with Gasteiger partial charge in [0.25, 0.3) is 15.9 Å². The van der Waals surface area contributed by atoms with Crippen LogP contribution >= 0.6 is 11.3 Å². The van der Waals surface area contributed by atoms with Crippen molar-refractivity contribution in [2.75, 3.05) is 4.72 Å². The molecule has 2 aromatic carbocycles. The van der Waals surface area contributed by atoms with Crippen molar-refractivity contribution >= 4 is 32.4 Å². The summed E-state index contributed by atoms with van der Waals surface area (Å²) in [6.45, 7) is 4.11. The fourth-order valence-corrected chi connectivity index (χ4v) is 4.89. The van der Waals surface area contributed by atoms with Gasteiger partial charge in [0.2, 0.25) is 0 Å². The lowest BCUT2D eigenvalue weighted by atomic mass is 10.1. The molecule has 0 aliphatic rings. The van der Waals surface area contributed by atoms with E-state index in [1.807, 2.05) is 13.8 Å². The first-order valence-electron chi connectivity index (χ1n) is 9.45. The highest BCUT2D eigenvalue weighted by atomic mass is 32.2. The van der Waals surface area contributed by atoms with Crippen LogP contribution in [-0.2, 0) is 23.0 Å². The molecule has 0 saturated heterocycles. The summed E-state index contributed by atoms with van der Waals surface area (Å²) in [7, 11) is -3.98. The fraction of sp³-hybridized carbons (Fsp3) is 0.238. The second-order valence-corrected chi connectivity index (χ2v) is 9.94. The van der Waals surface area contributed by atoms with Gasteiger partial charge in [-0.25, -0.2) is 22.2 Å². The van der Waals surface area contributed by atoms with Crippen LogP contribution in [0.1, 0.15) is 34.8 Å². The SMILES string of the molecule is CC(C)Cc1nc(NS(=O)(=O)c2ccc(F)cc2)sc1C(=O)NCc1ccc(F)cc1. The molecular formula is C21H21F2N3O3S2. The molecule has 3 aromatic rings. The first kappa shape index (κ1) is 22.8. The molecule has 164 valence electrons. The molecule has 31 heavy (non-hydrogen) atoms. The maximum atomic E-state index is 13.1. The number of aromatic nitrogens is 1. The largest absolute Gasteiger partial charge is 0.347 e. The Morgan fingerprint density at radius 2 is 1.61 bits per heavy atom. The maximum absolute atomic E-state index is 13.1. The van der Waals surface area contributed by atoms with Crippen molar-refractivity contribution in [3.8, 4) is 0 Å². The predicted octanol–water partition coefficient (Wildman–Crippen LogP) is 4.35. The quantitative estimate of drug-likeness (QED) is 0.518. The summed E-state index contributed by atoms with van der Waals surface area (Å²) >= 11 is 0.924. The van der Waals surface area contributed by atoms with E-state index in [1.165, 1.54) is 12.1 Å². The minimum atomic E-state index is -3.98. The highest BCUT2D eigenvalue weighted by Gasteiger charge is 2.22. The van der Waals surface area contributed by atoms with Crippen LogP contribution in [0.2, 0.25) is 0 Å². The van der Waals surface area contributed by atoms with E-state index >= 15 is 0 Å². The maximum Gasteiger partial charge on any atom is 0.263 e. The van der Waals surface area contributed by atoms with E-state index in [0.717, 1.165) is 41.2 Å². The molecule has 0 atom stereocenters. The zero-order valence-corrected chi connectivity index (χ0v) is 18.5. The Hall–Kier alpha value is -2.85. The molecule has 1 amide bonds. The van der Waals surface area contributed by atoms with Gasteiger partial charge in [0.1, 0.15) is 16.5 Å². The number of anilines is 1. The van der Waals surface area contributed by atoms with E-state index in [-0.39, 0.29) is 28.3 Å². The molecule has 0 aliphatic heterocycles. The molecule has 2 N–H and O–H groups in total. The number of rotatable bonds is 8. The van der Waals surface area contributed by atoms with Gasteiger partial charge < -0.3 is 5.32 Å². The topological polar surface area (TPSA) is 88.2 Å². The summed E-state index contributed by atoms with van der Waals surface area (Å²) in [6.07, 6.45) is 0.480. The third-order valence-electron chi connectivity index (χ3n) is 4.22. The zero-order chi connectivity index (χ0) is 22.6. The van der Waals surface area contributed by atoms with Crippen molar-refractivity contribution in [2.24, 2.45) is 5.92 Å². The Morgan fingerprint density at radius 1 is 1.03 bits per heavy atom. The summed E-state index contributed by atoms with van der Waals surface area (Å²) in [5, 5.41) is 2.80. The summed E-state index contributed by atoms with van der Waals surface area (Å²) < 4.78 is 53.6. The number of carbonyl (C=O) groups excluding carboxylic acids is 1. The molecule has 1 heterocycles. The number of hydrogen-bond acceptors (Lipinski definition) is 5. The molecule has 0 spiro atoms. The smallest absolute Gasteiger partial charge is 0.263 e. The van der Waals surface area contributed by atoms with Gasteiger partial charge in [0.05, 0.1) is 10.6 Å². The number of nitrogens with one attached hydrogen (secondary N) is 2. The summed E-state index contributed by atoms with van der Waals surface area (Å²) in [4.78, 5) is 17.2. The average molecular weight is 466 g/mol. The predicted molar refractivity (Wildman–Crippen MR) is 115 cm³/mol. The standard InChI is InChI=1S/C21H21F2N3O3S2/c1-13(2)11-18-19(20(27)24-12-14-3-5-15(22)6-4-14)30-21(25-18)26-31(28,29)17-9-7-16(23)8-10-17/h3-10,13H,11-12H2,1-2H3,(H,24,27)(H,25,26). The highest BCUT2D eigenvalue weighted by Crippen LogP contribution is 2.27. The lowest BCUT2D eigenvalue weighted by Gasteiger charge is -2.06. The van der Waals surface area contributed by atoms with Gasteiger partial charge in [-0.3, -0.25) is 9.52 Å². The monoisotopic (exact) mass is 465 g/mol. The Morgan fingerprint density at radius 3 is 2.19 bits per heavy atom. The van der Waals surface area contributed by atoms with Crippen molar-refractivity contribution in [1.29, 1.82) is 0 Å². The number of amides is 1. The van der Waals surface area contributed by atoms with Gasteiger partial charge in [-0.2, -0.15) is 0 Å². The number of sulfonamides is 1. The number of thiazole rings is 1. The zero-order valence-electron chi connectivity index (χ0n) is 16.9. The molecule has 3 rings (SSSR count). The number of carbonyl (C=O) groups is 1. The van der Waals surface area contributed by atoms with Gasteiger partial charge in [-0.1, -0.05) is 37.3 Å². The second kappa shape index (κ2) is 9.52. The number of benzene rings is 2. The Kier molecular flexibility index (Phi) is 7.01. The molecule has 0 aliphatic carbocycles. The van der Waals surface area contributed by atoms with E-state index in [2.05, 4.69) is 15.0 Å². The summed E-state index contributed by atoms with van der Waals surface area (Å²) in [5.41, 5.74) is 1.20. The first-order chi connectivity index (χ1) is 14.6. The molecule has 10 heteroatoms. The van der Waals surface area contributed by atoms with E-state index in [0.29, 0.717) is 17.0 Å². The molecule has 0 bridgehead atoms. The number of hydrogen-bond donors (Lipinski definition) is 2. The fourth-order valence-electron chi connectivity index (χ4n) is 2.75. The van der Waals surface area contributed by atoms with Gasteiger partial charge >= 0.3 is 0 Å². The minimum Gasteiger partial charge on any atom is -0.347 e. The Labute approximate surface area is 183 Å². The normalized spacial score (nSPS) is 11.5. The second-order valence-electron chi connectivity index (χ2n) is 7.26. The summed E-state index contributed by atoms with van der Waals surface area (Å²) in [5.74, 6) is -1.13. The van der Waals surface area contributed by atoms with Crippen molar-refractivity contribution < 1.29 is 22.0 Å². The molecule has 0 fully saturated rings. The van der Waals surface area contributed by atoms with E-state index < -0.39 is 21.7 Å². The first-order valence-corrected chi connectivity index (χ1v) is 11.7. The van der Waals surface area contributed by atoms with Crippen LogP contribution < -0.4 is 10.0 Å². The van der Waals surface area contributed by atoms with Crippen LogP contribution in [0.5, 0.6) is 0 Å². The highest BCUT2D eigenvalue weighted by molar-refractivity contribution is 7.93. The lowest BCUT2D eigenvalue weighted by Crippen LogP contribution is -2.23. The third kappa shape index (κ3) is 6.08. The van der Waals surface area contributed by atoms with Crippen LogP contribution in [0.4, 0.5) is 13.9 Å². The molecule has 0 saturated carbocycles. The van der Waals surface area contributed by atoms with Gasteiger partial charge in [-0.15, -0.1) is 0 Å². The van der Waals surface area contributed by atoms with Crippen molar-refractivity contribution in [3.63, 3.8) is 0 Å². The average Bonchev–Trinajstić information content (AvgIpc) is 3.08. The molecule has 1 aromatic heterocycles. The molecule has 6 nitrogen and oxygen atoms in total. The lowest BCUT2D eigenvalue weighted by molar-refractivity contribution is 0.0953. The van der Waals surface area contributed by atoms with Crippen LogP contribution in [0, 0.1) is 17.6 Å². The Balaban J connectivity index is 1.80. The number of halogens is 2. The van der Waals surface area contributed by atoms with E-state index in [9.17, 15) is 22.0 Å².